The van der Waals surface area contributed by atoms with E-state index in [0.29, 0.717) is 32.5 Å². The molecule has 2 heterocycles. The van der Waals surface area contributed by atoms with E-state index < -0.39 is 0 Å². The highest BCUT2D eigenvalue weighted by atomic mass is 16.5. The molecule has 1 fully saturated rings. The van der Waals surface area contributed by atoms with Crippen molar-refractivity contribution in [1.29, 1.82) is 0 Å². The van der Waals surface area contributed by atoms with Gasteiger partial charge in [-0.15, -0.1) is 0 Å². The summed E-state index contributed by atoms with van der Waals surface area (Å²) in [7, 11) is 0. The fourth-order valence-electron chi connectivity index (χ4n) is 3.34. The summed E-state index contributed by atoms with van der Waals surface area (Å²) in [5.74, 6) is 1.00. The molecule has 1 atom stereocenters. The molecule has 1 aromatic heterocycles. The predicted molar refractivity (Wildman–Crippen MR) is 95.4 cm³/mol. The maximum Gasteiger partial charge on any atom is 0.223 e. The van der Waals surface area contributed by atoms with Gasteiger partial charge >= 0.3 is 0 Å². The predicted octanol–water partition coefficient (Wildman–Crippen LogP) is 3.08. The number of morpholine rings is 1. The molecule has 1 aliphatic rings. The standard InChI is InChI=1S/C20H26N2O3/c1-15-19(16(2)25-21-15)10-11-20(23)22-12-13-24-18(14-22)9-8-17-6-4-3-5-7-17/h3-7,18H,8-14H2,1-2H3. The Morgan fingerprint density at radius 3 is 2.76 bits per heavy atom. The van der Waals surface area contributed by atoms with E-state index in [2.05, 4.69) is 29.4 Å². The lowest BCUT2D eigenvalue weighted by Gasteiger charge is -2.33. The molecule has 0 radical (unpaired) electrons. The summed E-state index contributed by atoms with van der Waals surface area (Å²) in [4.78, 5) is 14.5. The molecule has 0 aliphatic carbocycles. The molecule has 1 aromatic carbocycles. The van der Waals surface area contributed by atoms with E-state index in [4.69, 9.17) is 9.26 Å². The first-order chi connectivity index (χ1) is 12.1. The number of aryl methyl sites for hydroxylation is 3. The Balaban J connectivity index is 1.48. The zero-order valence-electron chi connectivity index (χ0n) is 15.0. The van der Waals surface area contributed by atoms with Crippen molar-refractivity contribution in [2.75, 3.05) is 19.7 Å². The van der Waals surface area contributed by atoms with Crippen LogP contribution in [0.5, 0.6) is 0 Å². The Bertz CT molecular complexity index is 677. The highest BCUT2D eigenvalue weighted by Gasteiger charge is 2.24. The van der Waals surface area contributed by atoms with E-state index in [-0.39, 0.29) is 12.0 Å². The second-order valence-corrected chi connectivity index (χ2v) is 6.66. The summed E-state index contributed by atoms with van der Waals surface area (Å²) >= 11 is 0. The average Bonchev–Trinajstić information content (AvgIpc) is 2.97. The van der Waals surface area contributed by atoms with Gasteiger partial charge in [0.15, 0.2) is 0 Å². The highest BCUT2D eigenvalue weighted by molar-refractivity contribution is 5.76. The minimum absolute atomic E-state index is 0.122. The molecule has 0 bridgehead atoms. The van der Waals surface area contributed by atoms with Crippen LogP contribution in [0.1, 0.15) is 35.4 Å². The summed E-state index contributed by atoms with van der Waals surface area (Å²) in [5, 5.41) is 3.95. The topological polar surface area (TPSA) is 55.6 Å². The van der Waals surface area contributed by atoms with Crippen molar-refractivity contribution in [3.8, 4) is 0 Å². The van der Waals surface area contributed by atoms with E-state index in [1.54, 1.807) is 0 Å². The Labute approximate surface area is 148 Å². The van der Waals surface area contributed by atoms with Crippen LogP contribution in [0.25, 0.3) is 0 Å². The molecular weight excluding hydrogens is 316 g/mol. The molecular formula is C20H26N2O3. The number of carbonyl (C=O) groups is 1. The maximum absolute atomic E-state index is 12.6. The van der Waals surface area contributed by atoms with E-state index in [1.807, 2.05) is 24.8 Å². The lowest BCUT2D eigenvalue weighted by molar-refractivity contribution is -0.138. The third-order valence-electron chi connectivity index (χ3n) is 4.86. The van der Waals surface area contributed by atoms with Gasteiger partial charge in [0.25, 0.3) is 0 Å². The second-order valence-electron chi connectivity index (χ2n) is 6.66. The van der Waals surface area contributed by atoms with E-state index >= 15 is 0 Å². The van der Waals surface area contributed by atoms with Crippen molar-refractivity contribution in [3.63, 3.8) is 0 Å². The van der Waals surface area contributed by atoms with Gasteiger partial charge in [-0.1, -0.05) is 35.5 Å². The van der Waals surface area contributed by atoms with Crippen LogP contribution in [-0.4, -0.2) is 41.8 Å². The molecule has 1 saturated heterocycles. The van der Waals surface area contributed by atoms with Crippen molar-refractivity contribution in [2.24, 2.45) is 0 Å². The SMILES string of the molecule is Cc1noc(C)c1CCC(=O)N1CCOC(CCc2ccccc2)C1. The van der Waals surface area contributed by atoms with Gasteiger partial charge in [-0.2, -0.15) is 0 Å². The summed E-state index contributed by atoms with van der Waals surface area (Å²) in [6.07, 6.45) is 3.22. The Morgan fingerprint density at radius 2 is 2.04 bits per heavy atom. The molecule has 0 N–H and O–H groups in total. The van der Waals surface area contributed by atoms with Crippen LogP contribution >= 0.6 is 0 Å². The maximum atomic E-state index is 12.6. The van der Waals surface area contributed by atoms with E-state index in [1.165, 1.54) is 5.56 Å². The number of hydrogen-bond acceptors (Lipinski definition) is 4. The number of aromatic nitrogens is 1. The van der Waals surface area contributed by atoms with Crippen molar-refractivity contribution >= 4 is 5.91 Å². The molecule has 134 valence electrons. The normalized spacial score (nSPS) is 17.7. The molecule has 3 rings (SSSR count). The molecule has 1 aliphatic heterocycles. The van der Waals surface area contributed by atoms with Crippen molar-refractivity contribution in [1.82, 2.24) is 10.1 Å². The quantitative estimate of drug-likeness (QED) is 0.809. The minimum atomic E-state index is 0.122. The number of carbonyl (C=O) groups excluding carboxylic acids is 1. The van der Waals surface area contributed by atoms with Crippen molar-refractivity contribution < 1.29 is 14.1 Å². The van der Waals surface area contributed by atoms with Gasteiger partial charge in [-0.3, -0.25) is 4.79 Å². The smallest absolute Gasteiger partial charge is 0.223 e. The van der Waals surface area contributed by atoms with Crippen LogP contribution in [0.15, 0.2) is 34.9 Å². The summed E-state index contributed by atoms with van der Waals surface area (Å²) in [5.41, 5.74) is 3.25. The van der Waals surface area contributed by atoms with Crippen LogP contribution in [0, 0.1) is 13.8 Å². The van der Waals surface area contributed by atoms with Crippen molar-refractivity contribution in [2.45, 2.75) is 45.6 Å². The molecule has 0 saturated carbocycles. The van der Waals surface area contributed by atoms with Crippen LogP contribution < -0.4 is 0 Å². The van der Waals surface area contributed by atoms with Gasteiger partial charge in [0.05, 0.1) is 18.4 Å². The molecule has 1 unspecified atom stereocenters. The Kier molecular flexibility index (Phi) is 5.87. The minimum Gasteiger partial charge on any atom is -0.375 e. The number of amides is 1. The first kappa shape index (κ1) is 17.7. The first-order valence-electron chi connectivity index (χ1n) is 8.98. The zero-order valence-corrected chi connectivity index (χ0v) is 15.0. The summed E-state index contributed by atoms with van der Waals surface area (Å²) in [6, 6.07) is 10.4. The largest absolute Gasteiger partial charge is 0.375 e. The third kappa shape index (κ3) is 4.69. The van der Waals surface area contributed by atoms with Crippen LogP contribution in [0.4, 0.5) is 0 Å². The third-order valence-corrected chi connectivity index (χ3v) is 4.86. The molecule has 1 amide bonds. The van der Waals surface area contributed by atoms with Gasteiger partial charge in [0.2, 0.25) is 5.91 Å². The Hall–Kier alpha value is -2.14. The Morgan fingerprint density at radius 1 is 1.24 bits per heavy atom. The van der Waals surface area contributed by atoms with Gasteiger partial charge < -0.3 is 14.2 Å². The number of nitrogens with zero attached hydrogens (tertiary/aromatic N) is 2. The van der Waals surface area contributed by atoms with Crippen LogP contribution in [0.3, 0.4) is 0 Å². The molecule has 0 spiro atoms. The fourth-order valence-corrected chi connectivity index (χ4v) is 3.34. The van der Waals surface area contributed by atoms with Gasteiger partial charge in [0.1, 0.15) is 5.76 Å². The number of rotatable bonds is 6. The van der Waals surface area contributed by atoms with Crippen molar-refractivity contribution in [3.05, 3.63) is 52.9 Å². The summed E-state index contributed by atoms with van der Waals surface area (Å²) < 4.78 is 11.0. The molecule has 5 heteroatoms. The highest BCUT2D eigenvalue weighted by Crippen LogP contribution is 2.17. The lowest BCUT2D eigenvalue weighted by atomic mass is 10.0. The van der Waals surface area contributed by atoms with Gasteiger partial charge in [-0.05, 0) is 38.7 Å². The molecule has 2 aromatic rings. The molecule has 25 heavy (non-hydrogen) atoms. The first-order valence-corrected chi connectivity index (χ1v) is 8.98. The summed E-state index contributed by atoms with van der Waals surface area (Å²) in [6.45, 7) is 5.81. The van der Waals surface area contributed by atoms with E-state index in [0.717, 1.165) is 29.9 Å². The zero-order chi connectivity index (χ0) is 17.6. The van der Waals surface area contributed by atoms with Gasteiger partial charge in [-0.25, -0.2) is 0 Å². The fraction of sp³-hybridized carbons (Fsp3) is 0.500. The average molecular weight is 342 g/mol. The second kappa shape index (κ2) is 8.30. The molecule has 5 nitrogen and oxygen atoms in total. The number of ether oxygens (including phenoxy) is 1. The van der Waals surface area contributed by atoms with Crippen LogP contribution in [0.2, 0.25) is 0 Å². The number of benzene rings is 1. The monoisotopic (exact) mass is 342 g/mol. The number of hydrogen-bond donors (Lipinski definition) is 0. The lowest BCUT2D eigenvalue weighted by Crippen LogP contribution is -2.45. The van der Waals surface area contributed by atoms with E-state index in [9.17, 15) is 4.79 Å². The van der Waals surface area contributed by atoms with Crippen LogP contribution in [-0.2, 0) is 22.4 Å². The van der Waals surface area contributed by atoms with Gasteiger partial charge in [0, 0.05) is 25.1 Å².